The molecule has 4 N–H and O–H groups in total. The summed E-state index contributed by atoms with van der Waals surface area (Å²) in [6.07, 6.45) is -1.27. The number of hydrogen-bond donors (Lipinski definition) is 4. The Labute approximate surface area is 98.4 Å². The maximum Gasteiger partial charge on any atom is 0.328 e. The number of rotatable bonds is 7. The van der Waals surface area contributed by atoms with Gasteiger partial charge in [0.2, 0.25) is 5.91 Å². The molecule has 98 valence electrons. The zero-order valence-electron chi connectivity index (χ0n) is 9.71. The van der Waals surface area contributed by atoms with Crippen molar-refractivity contribution in [1.82, 2.24) is 5.32 Å². The Kier molecular flexibility index (Phi) is 6.19. The molecule has 0 spiro atoms. The average Bonchev–Trinajstić information content (AvgIpc) is 2.20. The molecule has 7 nitrogen and oxygen atoms in total. The third kappa shape index (κ3) is 5.86. The van der Waals surface area contributed by atoms with E-state index in [0.29, 0.717) is 0 Å². The monoisotopic (exact) mass is 247 g/mol. The predicted octanol–water partition coefficient (Wildman–Crippen LogP) is -0.562. The van der Waals surface area contributed by atoms with Crippen LogP contribution in [-0.2, 0) is 14.4 Å². The summed E-state index contributed by atoms with van der Waals surface area (Å²) in [6.45, 7) is 2.75. The Bertz CT molecular complexity index is 301. The van der Waals surface area contributed by atoms with Crippen molar-refractivity contribution in [3.63, 3.8) is 0 Å². The van der Waals surface area contributed by atoms with Crippen molar-refractivity contribution in [2.75, 3.05) is 0 Å². The smallest absolute Gasteiger partial charge is 0.328 e. The summed E-state index contributed by atoms with van der Waals surface area (Å²) in [7, 11) is 0. The van der Waals surface area contributed by atoms with Gasteiger partial charge in [0.05, 0.1) is 6.10 Å². The second-order valence-corrected chi connectivity index (χ2v) is 3.90. The number of nitrogens with one attached hydrogen (secondary N) is 1. The van der Waals surface area contributed by atoms with E-state index in [2.05, 4.69) is 5.32 Å². The molecule has 0 saturated heterocycles. The highest BCUT2D eigenvalue weighted by Gasteiger charge is 2.26. The van der Waals surface area contributed by atoms with Gasteiger partial charge >= 0.3 is 11.9 Å². The topological polar surface area (TPSA) is 124 Å². The number of aliphatic hydroxyl groups excluding tert-OH is 1. The number of carbonyl (C=O) groups excluding carboxylic acids is 1. The van der Waals surface area contributed by atoms with Crippen LogP contribution in [0, 0.1) is 5.92 Å². The van der Waals surface area contributed by atoms with Crippen molar-refractivity contribution in [3.8, 4) is 0 Å². The van der Waals surface area contributed by atoms with Gasteiger partial charge in [-0.2, -0.15) is 0 Å². The molecule has 3 atom stereocenters. The lowest BCUT2D eigenvalue weighted by atomic mass is 10.0. The molecule has 7 heteroatoms. The van der Waals surface area contributed by atoms with E-state index in [9.17, 15) is 14.4 Å². The Morgan fingerprint density at radius 3 is 2.06 bits per heavy atom. The van der Waals surface area contributed by atoms with Crippen LogP contribution >= 0.6 is 0 Å². The first-order chi connectivity index (χ1) is 7.75. The minimum absolute atomic E-state index is 0.118. The summed E-state index contributed by atoms with van der Waals surface area (Å²) in [5.41, 5.74) is 0. The molecule has 17 heavy (non-hydrogen) atoms. The number of carboxylic acid groups (broad SMARTS) is 2. The molecule has 0 aromatic carbocycles. The first-order valence-electron chi connectivity index (χ1n) is 5.18. The molecule has 0 aliphatic heterocycles. The Morgan fingerprint density at radius 2 is 1.71 bits per heavy atom. The van der Waals surface area contributed by atoms with E-state index in [1.54, 1.807) is 0 Å². The van der Waals surface area contributed by atoms with Crippen LogP contribution in [0.1, 0.15) is 26.7 Å². The first kappa shape index (κ1) is 15.4. The number of hydrogen-bond acceptors (Lipinski definition) is 4. The summed E-state index contributed by atoms with van der Waals surface area (Å²) >= 11 is 0. The number of amides is 1. The fourth-order valence-corrected chi connectivity index (χ4v) is 1.16. The summed E-state index contributed by atoms with van der Waals surface area (Å²) in [5, 5.41) is 28.5. The summed E-state index contributed by atoms with van der Waals surface area (Å²) in [5.74, 6) is -3.56. The molecule has 0 bridgehead atoms. The van der Waals surface area contributed by atoms with Crippen LogP contribution < -0.4 is 5.32 Å². The van der Waals surface area contributed by atoms with Crippen molar-refractivity contribution in [1.29, 1.82) is 0 Å². The Balaban J connectivity index is 4.31. The Hall–Kier alpha value is -1.63. The predicted molar refractivity (Wildman–Crippen MR) is 57.3 cm³/mol. The highest BCUT2D eigenvalue weighted by atomic mass is 16.4. The molecule has 0 aromatic heterocycles. The van der Waals surface area contributed by atoms with Gasteiger partial charge in [0.1, 0.15) is 0 Å². The van der Waals surface area contributed by atoms with Gasteiger partial charge in [-0.05, 0) is 13.3 Å². The van der Waals surface area contributed by atoms with Crippen LogP contribution in [0.15, 0.2) is 0 Å². The normalized spacial score (nSPS) is 15.7. The minimum atomic E-state index is -1.38. The lowest BCUT2D eigenvalue weighted by Gasteiger charge is -2.19. The van der Waals surface area contributed by atoms with Crippen LogP contribution in [0.2, 0.25) is 0 Å². The standard InChI is InChI=1S/C10H17NO6/c1-5(3-4-7(13)14)9(15)11-8(6(2)12)10(16)17/h5-6,8,12H,3-4H2,1-2H3,(H,11,15)(H,13,14)(H,16,17)/t5?,6-,8+/m1/s1. The summed E-state index contributed by atoms with van der Waals surface area (Å²) in [4.78, 5) is 32.5. The molecule has 0 fully saturated rings. The quantitative estimate of drug-likeness (QED) is 0.478. The lowest BCUT2D eigenvalue weighted by Crippen LogP contribution is -2.49. The van der Waals surface area contributed by atoms with Gasteiger partial charge in [-0.1, -0.05) is 6.92 Å². The van der Waals surface area contributed by atoms with Crippen molar-refractivity contribution in [3.05, 3.63) is 0 Å². The van der Waals surface area contributed by atoms with Gasteiger partial charge in [0.25, 0.3) is 0 Å². The zero-order chi connectivity index (χ0) is 13.6. The second kappa shape index (κ2) is 6.85. The highest BCUT2D eigenvalue weighted by molar-refractivity contribution is 5.85. The molecule has 0 aliphatic carbocycles. The zero-order valence-corrected chi connectivity index (χ0v) is 9.71. The van der Waals surface area contributed by atoms with E-state index in [1.165, 1.54) is 13.8 Å². The summed E-state index contributed by atoms with van der Waals surface area (Å²) < 4.78 is 0. The first-order valence-corrected chi connectivity index (χ1v) is 5.18. The molecule has 0 aromatic rings. The number of aliphatic carboxylic acids is 2. The molecular formula is C10H17NO6. The van der Waals surface area contributed by atoms with Crippen LogP contribution in [0.3, 0.4) is 0 Å². The largest absolute Gasteiger partial charge is 0.481 e. The molecule has 0 radical (unpaired) electrons. The molecule has 0 rings (SSSR count). The SMILES string of the molecule is CC(CCC(=O)O)C(=O)N[C@H](C(=O)O)[C@@H](C)O. The Morgan fingerprint density at radius 1 is 1.18 bits per heavy atom. The van der Waals surface area contributed by atoms with Crippen LogP contribution in [0.4, 0.5) is 0 Å². The van der Waals surface area contributed by atoms with E-state index >= 15 is 0 Å². The van der Waals surface area contributed by atoms with E-state index in [-0.39, 0.29) is 12.8 Å². The number of carbonyl (C=O) groups is 3. The van der Waals surface area contributed by atoms with Gasteiger partial charge in [-0.3, -0.25) is 9.59 Å². The molecule has 0 aliphatic rings. The molecule has 1 unspecified atom stereocenters. The maximum absolute atomic E-state index is 11.5. The average molecular weight is 247 g/mol. The molecular weight excluding hydrogens is 230 g/mol. The number of aliphatic hydroxyl groups is 1. The van der Waals surface area contributed by atoms with Gasteiger partial charge in [-0.15, -0.1) is 0 Å². The third-order valence-corrected chi connectivity index (χ3v) is 2.29. The maximum atomic E-state index is 11.5. The van der Waals surface area contributed by atoms with E-state index in [4.69, 9.17) is 15.3 Å². The minimum Gasteiger partial charge on any atom is -0.481 e. The van der Waals surface area contributed by atoms with Crippen molar-refractivity contribution < 1.29 is 29.7 Å². The van der Waals surface area contributed by atoms with Gasteiger partial charge in [0.15, 0.2) is 6.04 Å². The van der Waals surface area contributed by atoms with Crippen LogP contribution in [0.25, 0.3) is 0 Å². The molecule has 0 saturated carbocycles. The van der Waals surface area contributed by atoms with Gasteiger partial charge in [-0.25, -0.2) is 4.79 Å². The van der Waals surface area contributed by atoms with Gasteiger partial charge < -0.3 is 20.6 Å². The summed E-state index contributed by atoms with van der Waals surface area (Å²) in [6, 6.07) is -1.38. The van der Waals surface area contributed by atoms with E-state index in [1.807, 2.05) is 0 Å². The second-order valence-electron chi connectivity index (χ2n) is 3.90. The number of carboxylic acids is 2. The van der Waals surface area contributed by atoms with Crippen LogP contribution in [-0.4, -0.2) is 45.3 Å². The molecule has 0 heterocycles. The van der Waals surface area contributed by atoms with Crippen LogP contribution in [0.5, 0.6) is 0 Å². The van der Waals surface area contributed by atoms with Gasteiger partial charge in [0, 0.05) is 12.3 Å². The third-order valence-electron chi connectivity index (χ3n) is 2.29. The van der Waals surface area contributed by atoms with E-state index in [0.717, 1.165) is 0 Å². The van der Waals surface area contributed by atoms with Crippen molar-refractivity contribution in [2.45, 2.75) is 38.8 Å². The molecule has 1 amide bonds. The highest BCUT2D eigenvalue weighted by Crippen LogP contribution is 2.06. The van der Waals surface area contributed by atoms with Crippen molar-refractivity contribution >= 4 is 17.8 Å². The van der Waals surface area contributed by atoms with Crippen molar-refractivity contribution in [2.24, 2.45) is 5.92 Å². The fourth-order valence-electron chi connectivity index (χ4n) is 1.16. The lowest BCUT2D eigenvalue weighted by molar-refractivity contribution is -0.145. The fraction of sp³-hybridized carbons (Fsp3) is 0.700. The van der Waals surface area contributed by atoms with E-state index < -0.39 is 35.9 Å².